The smallest absolute Gasteiger partial charge is 0.136 e. The van der Waals surface area contributed by atoms with Crippen LogP contribution in [0, 0.1) is 19.3 Å². The van der Waals surface area contributed by atoms with Crippen LogP contribution in [0.15, 0.2) is 18.2 Å². The Morgan fingerprint density at radius 3 is 2.61 bits per heavy atom. The van der Waals surface area contributed by atoms with Crippen molar-refractivity contribution in [2.24, 2.45) is 0 Å². The number of morpholine rings is 1. The van der Waals surface area contributed by atoms with Gasteiger partial charge in [0.15, 0.2) is 0 Å². The molecule has 0 radical (unpaired) electrons. The van der Waals surface area contributed by atoms with Crippen LogP contribution >= 0.6 is 0 Å². The van der Waals surface area contributed by atoms with Gasteiger partial charge in [-0.3, -0.25) is 4.90 Å². The molecule has 4 saturated heterocycles. The van der Waals surface area contributed by atoms with Gasteiger partial charge in [0.05, 0.1) is 44.1 Å². The van der Waals surface area contributed by atoms with E-state index in [2.05, 4.69) is 39.2 Å². The summed E-state index contributed by atoms with van der Waals surface area (Å²) in [6.45, 7) is 8.70. The molecule has 5 heterocycles. The highest BCUT2D eigenvalue weighted by atomic mass is 16.5. The first-order valence-corrected chi connectivity index (χ1v) is 13.1. The quantitative estimate of drug-likeness (QED) is 0.529. The molecule has 0 spiro atoms. The van der Waals surface area contributed by atoms with Gasteiger partial charge in [-0.25, -0.2) is 9.97 Å². The van der Waals surface area contributed by atoms with Crippen LogP contribution in [0.3, 0.4) is 0 Å². The molecule has 0 amide bonds. The van der Waals surface area contributed by atoms with Gasteiger partial charge in [0, 0.05) is 30.1 Å². The Bertz CT molecular complexity index is 1130. The van der Waals surface area contributed by atoms with Crippen LogP contribution in [0.1, 0.15) is 47.7 Å². The SMILES string of the molecule is Cc1nc(Nc2cc(C3CCN(C4COCC4O)CC3)c(C)cc2C=N)cc(N2CC3CC2CO3)n1. The number of aryl methyl sites for hydroxylation is 2. The molecule has 3 N–H and O–H groups in total. The highest BCUT2D eigenvalue weighted by molar-refractivity contribution is 5.88. The number of fused-ring (bicyclic) bond motifs is 2. The van der Waals surface area contributed by atoms with Gasteiger partial charge in [0.1, 0.15) is 17.5 Å². The van der Waals surface area contributed by atoms with Crippen molar-refractivity contribution >= 4 is 23.5 Å². The number of benzene rings is 1. The second kappa shape index (κ2) is 9.70. The van der Waals surface area contributed by atoms with Crippen molar-refractivity contribution in [1.29, 1.82) is 5.41 Å². The Labute approximate surface area is 212 Å². The largest absolute Gasteiger partial charge is 0.389 e. The molecule has 0 saturated carbocycles. The highest BCUT2D eigenvalue weighted by Gasteiger charge is 2.40. The molecular formula is C27H36N6O3. The fourth-order valence-electron chi connectivity index (χ4n) is 6.42. The molecule has 4 fully saturated rings. The summed E-state index contributed by atoms with van der Waals surface area (Å²) >= 11 is 0. The highest BCUT2D eigenvalue weighted by Crippen LogP contribution is 2.36. The molecule has 4 aliphatic rings. The van der Waals surface area contributed by atoms with Gasteiger partial charge in [-0.05, 0) is 75.4 Å². The Morgan fingerprint density at radius 1 is 1.11 bits per heavy atom. The van der Waals surface area contributed by atoms with Crippen molar-refractivity contribution in [2.75, 3.05) is 49.7 Å². The summed E-state index contributed by atoms with van der Waals surface area (Å²) in [5.74, 6) is 2.87. The van der Waals surface area contributed by atoms with E-state index in [1.807, 2.05) is 13.0 Å². The first-order valence-electron chi connectivity index (χ1n) is 13.1. The molecule has 0 aliphatic carbocycles. The van der Waals surface area contributed by atoms with Crippen molar-refractivity contribution in [1.82, 2.24) is 14.9 Å². The number of piperidine rings is 1. The molecule has 6 rings (SSSR count). The third-order valence-electron chi connectivity index (χ3n) is 8.34. The molecular weight excluding hydrogens is 456 g/mol. The first-order chi connectivity index (χ1) is 17.5. The van der Waals surface area contributed by atoms with E-state index in [4.69, 9.17) is 19.9 Å². The maximum atomic E-state index is 10.2. The minimum atomic E-state index is -0.379. The normalized spacial score (nSPS) is 28.7. The van der Waals surface area contributed by atoms with Crippen molar-refractivity contribution in [3.05, 3.63) is 40.7 Å². The summed E-state index contributed by atoms with van der Waals surface area (Å²) < 4.78 is 11.2. The molecule has 4 unspecified atom stereocenters. The predicted molar refractivity (Wildman–Crippen MR) is 139 cm³/mol. The number of nitrogens with zero attached hydrogens (tertiary/aromatic N) is 4. The molecule has 4 atom stereocenters. The summed E-state index contributed by atoms with van der Waals surface area (Å²) in [5, 5.41) is 21.8. The minimum Gasteiger partial charge on any atom is -0.389 e. The molecule has 1 aromatic heterocycles. The van der Waals surface area contributed by atoms with E-state index in [0.29, 0.717) is 31.3 Å². The van der Waals surface area contributed by atoms with E-state index in [0.717, 1.165) is 74.2 Å². The van der Waals surface area contributed by atoms with E-state index in [-0.39, 0.29) is 12.1 Å². The number of rotatable bonds is 6. The Morgan fingerprint density at radius 2 is 1.94 bits per heavy atom. The number of aliphatic hydroxyl groups is 1. The maximum Gasteiger partial charge on any atom is 0.136 e. The fourth-order valence-corrected chi connectivity index (χ4v) is 6.42. The Kier molecular flexibility index (Phi) is 6.41. The van der Waals surface area contributed by atoms with Gasteiger partial charge in [0.25, 0.3) is 0 Å². The summed E-state index contributed by atoms with van der Waals surface area (Å²) in [6, 6.07) is 6.86. The van der Waals surface area contributed by atoms with Crippen LogP contribution in [0.5, 0.6) is 0 Å². The molecule has 1 aromatic carbocycles. The number of ether oxygens (including phenoxy) is 2. The van der Waals surface area contributed by atoms with Crippen molar-refractivity contribution < 1.29 is 14.6 Å². The van der Waals surface area contributed by atoms with Gasteiger partial charge in [-0.2, -0.15) is 0 Å². The third kappa shape index (κ3) is 4.49. The van der Waals surface area contributed by atoms with E-state index >= 15 is 0 Å². The fraction of sp³-hybridized carbons (Fsp3) is 0.593. The topological polar surface area (TPSA) is 107 Å². The predicted octanol–water partition coefficient (Wildman–Crippen LogP) is 2.75. The number of hydrogen-bond donors (Lipinski definition) is 3. The summed E-state index contributed by atoms with van der Waals surface area (Å²) in [4.78, 5) is 14.1. The van der Waals surface area contributed by atoms with E-state index < -0.39 is 0 Å². The van der Waals surface area contributed by atoms with Crippen LogP contribution in [-0.4, -0.2) is 89.9 Å². The van der Waals surface area contributed by atoms with E-state index in [1.54, 1.807) is 0 Å². The number of likely N-dealkylation sites (tertiary alicyclic amines) is 1. The number of aliphatic hydroxyl groups excluding tert-OH is 1. The lowest BCUT2D eigenvalue weighted by Crippen LogP contribution is -2.46. The number of anilines is 3. The number of aromatic nitrogens is 2. The van der Waals surface area contributed by atoms with E-state index in [9.17, 15) is 5.11 Å². The number of hydrogen-bond acceptors (Lipinski definition) is 9. The molecule has 192 valence electrons. The van der Waals surface area contributed by atoms with Crippen LogP contribution in [0.25, 0.3) is 0 Å². The van der Waals surface area contributed by atoms with Gasteiger partial charge < -0.3 is 30.2 Å². The zero-order valence-corrected chi connectivity index (χ0v) is 21.1. The summed E-state index contributed by atoms with van der Waals surface area (Å²) in [5.41, 5.74) is 4.30. The maximum absolute atomic E-state index is 10.2. The van der Waals surface area contributed by atoms with Crippen LogP contribution in [0.4, 0.5) is 17.3 Å². The zero-order valence-electron chi connectivity index (χ0n) is 21.1. The lowest BCUT2D eigenvalue weighted by atomic mass is 9.85. The standard InChI is InChI=1S/C27H36N6O3/c1-16-7-19(11-28)23(9-22(16)18-3-5-32(6-4-18)24-14-35-15-25(24)34)31-26-10-27(30-17(2)29-26)33-12-21-8-20(33)13-36-21/h7,9-11,18,20-21,24-25,28,34H,3-6,8,12-15H2,1-2H3,(H,29,30,31). The summed E-state index contributed by atoms with van der Waals surface area (Å²) in [6.07, 6.45) is 4.50. The van der Waals surface area contributed by atoms with Gasteiger partial charge >= 0.3 is 0 Å². The Hall–Kier alpha value is -2.59. The lowest BCUT2D eigenvalue weighted by molar-refractivity contribution is 0.0663. The lowest BCUT2D eigenvalue weighted by Gasteiger charge is -2.37. The van der Waals surface area contributed by atoms with E-state index in [1.165, 1.54) is 17.3 Å². The number of nitrogens with one attached hydrogen (secondary N) is 2. The summed E-state index contributed by atoms with van der Waals surface area (Å²) in [7, 11) is 0. The first kappa shape index (κ1) is 23.8. The second-order valence-corrected chi connectivity index (χ2v) is 10.7. The van der Waals surface area contributed by atoms with Gasteiger partial charge in [-0.15, -0.1) is 0 Å². The molecule has 9 heteroatoms. The van der Waals surface area contributed by atoms with Crippen LogP contribution in [-0.2, 0) is 9.47 Å². The molecule has 4 aliphatic heterocycles. The van der Waals surface area contributed by atoms with Crippen LogP contribution < -0.4 is 10.2 Å². The second-order valence-electron chi connectivity index (χ2n) is 10.7. The third-order valence-corrected chi connectivity index (χ3v) is 8.34. The molecule has 2 aromatic rings. The molecule has 9 nitrogen and oxygen atoms in total. The van der Waals surface area contributed by atoms with Crippen molar-refractivity contribution in [2.45, 2.75) is 63.3 Å². The van der Waals surface area contributed by atoms with Gasteiger partial charge in [0.2, 0.25) is 0 Å². The van der Waals surface area contributed by atoms with Crippen molar-refractivity contribution in [3.8, 4) is 0 Å². The van der Waals surface area contributed by atoms with Crippen LogP contribution in [0.2, 0.25) is 0 Å². The zero-order chi connectivity index (χ0) is 24.8. The monoisotopic (exact) mass is 492 g/mol. The Balaban J connectivity index is 1.22. The average Bonchev–Trinajstić information content (AvgIpc) is 3.62. The molecule has 2 bridgehead atoms. The van der Waals surface area contributed by atoms with Crippen molar-refractivity contribution in [3.63, 3.8) is 0 Å². The average molecular weight is 493 g/mol. The molecule has 36 heavy (non-hydrogen) atoms. The van der Waals surface area contributed by atoms with Gasteiger partial charge in [-0.1, -0.05) is 0 Å². The minimum absolute atomic E-state index is 0.122.